The molecule has 9 nitrogen and oxygen atoms in total. The van der Waals surface area contributed by atoms with E-state index in [0.29, 0.717) is 42.1 Å². The molecular weight excluding hydrogens is 384 g/mol. The van der Waals surface area contributed by atoms with Gasteiger partial charge in [0.25, 0.3) is 5.91 Å². The number of pyridine rings is 1. The Kier molecular flexibility index (Phi) is 6.27. The molecule has 0 atom stereocenters. The number of amides is 1. The molecule has 0 unspecified atom stereocenters. The van der Waals surface area contributed by atoms with E-state index in [9.17, 15) is 4.79 Å². The smallest absolute Gasteiger partial charge is 0.257 e. The third-order valence-corrected chi connectivity index (χ3v) is 5.31. The van der Waals surface area contributed by atoms with E-state index in [1.165, 1.54) is 19.0 Å². The van der Waals surface area contributed by atoms with E-state index < -0.39 is 0 Å². The highest BCUT2D eigenvalue weighted by Gasteiger charge is 2.19. The van der Waals surface area contributed by atoms with Crippen LogP contribution < -0.4 is 19.9 Å². The number of rotatable bonds is 6. The summed E-state index contributed by atoms with van der Waals surface area (Å²) < 4.78 is 11.3. The summed E-state index contributed by atoms with van der Waals surface area (Å²) in [5.41, 5.74) is 1.00. The predicted octanol–water partition coefficient (Wildman–Crippen LogP) is 2.35. The fourth-order valence-electron chi connectivity index (χ4n) is 3.66. The number of nitrogens with zero attached hydrogens (tertiary/aromatic N) is 5. The normalized spacial score (nSPS) is 17.1. The Morgan fingerprint density at radius 1 is 1.17 bits per heavy atom. The number of nitrogens with one attached hydrogen (secondary N) is 1. The maximum atomic E-state index is 12.7. The summed E-state index contributed by atoms with van der Waals surface area (Å²) in [7, 11) is 3.77. The van der Waals surface area contributed by atoms with E-state index >= 15 is 0 Å². The van der Waals surface area contributed by atoms with Gasteiger partial charge >= 0.3 is 0 Å². The van der Waals surface area contributed by atoms with E-state index in [1.807, 2.05) is 19.0 Å². The number of morpholine rings is 1. The van der Waals surface area contributed by atoms with Crippen molar-refractivity contribution in [2.75, 3.05) is 55.5 Å². The molecule has 1 N–H and O–H groups in total. The van der Waals surface area contributed by atoms with Crippen LogP contribution in [0.4, 0.5) is 17.5 Å². The summed E-state index contributed by atoms with van der Waals surface area (Å²) in [6.07, 6.45) is 7.96. The Balaban J connectivity index is 1.45. The van der Waals surface area contributed by atoms with Gasteiger partial charge < -0.3 is 24.6 Å². The third kappa shape index (κ3) is 4.79. The van der Waals surface area contributed by atoms with Crippen molar-refractivity contribution in [1.29, 1.82) is 0 Å². The molecule has 2 aromatic rings. The van der Waals surface area contributed by atoms with Gasteiger partial charge in [0.05, 0.1) is 25.0 Å². The van der Waals surface area contributed by atoms with Gasteiger partial charge in [-0.05, 0) is 31.7 Å². The Hall–Kier alpha value is -2.94. The molecule has 1 aliphatic heterocycles. The van der Waals surface area contributed by atoms with Crippen LogP contribution in [0.3, 0.4) is 0 Å². The average molecular weight is 412 g/mol. The van der Waals surface area contributed by atoms with Crippen LogP contribution in [-0.4, -0.2) is 67.4 Å². The fourth-order valence-corrected chi connectivity index (χ4v) is 3.66. The van der Waals surface area contributed by atoms with Crippen LogP contribution >= 0.6 is 0 Å². The van der Waals surface area contributed by atoms with Gasteiger partial charge in [0, 0.05) is 39.4 Å². The number of hydrogen-bond donors (Lipinski definition) is 1. The van der Waals surface area contributed by atoms with Crippen molar-refractivity contribution in [2.45, 2.75) is 31.8 Å². The number of carbonyl (C=O) groups excluding carboxylic acids is 1. The highest BCUT2D eigenvalue weighted by atomic mass is 16.5. The van der Waals surface area contributed by atoms with Crippen molar-refractivity contribution in [2.24, 2.45) is 0 Å². The van der Waals surface area contributed by atoms with Crippen LogP contribution in [0, 0.1) is 0 Å². The van der Waals surface area contributed by atoms with Gasteiger partial charge in [-0.3, -0.25) is 4.79 Å². The lowest BCUT2D eigenvalue weighted by Gasteiger charge is -2.28. The lowest BCUT2D eigenvalue weighted by molar-refractivity contribution is 0.102. The van der Waals surface area contributed by atoms with E-state index in [2.05, 4.69) is 25.2 Å². The zero-order chi connectivity index (χ0) is 20.9. The van der Waals surface area contributed by atoms with Gasteiger partial charge in [-0.25, -0.2) is 9.97 Å². The van der Waals surface area contributed by atoms with Crippen molar-refractivity contribution >= 4 is 23.4 Å². The Labute approximate surface area is 176 Å². The number of hydrogen-bond acceptors (Lipinski definition) is 8. The van der Waals surface area contributed by atoms with Crippen molar-refractivity contribution < 1.29 is 14.3 Å². The maximum Gasteiger partial charge on any atom is 0.257 e. The summed E-state index contributed by atoms with van der Waals surface area (Å²) in [5.74, 6) is 1.58. The van der Waals surface area contributed by atoms with Gasteiger partial charge in [0.2, 0.25) is 11.8 Å². The minimum atomic E-state index is -0.263. The lowest BCUT2D eigenvalue weighted by atomic mass is 10.2. The maximum absolute atomic E-state index is 12.7. The highest BCUT2D eigenvalue weighted by molar-refractivity contribution is 6.05. The summed E-state index contributed by atoms with van der Waals surface area (Å²) in [6, 6.07) is 3.48. The summed E-state index contributed by atoms with van der Waals surface area (Å²) in [4.78, 5) is 30.1. The van der Waals surface area contributed by atoms with Gasteiger partial charge in [-0.1, -0.05) is 0 Å². The molecule has 1 amide bonds. The number of aromatic nitrogens is 3. The molecule has 2 aromatic heterocycles. The van der Waals surface area contributed by atoms with Crippen molar-refractivity contribution in [3.63, 3.8) is 0 Å². The van der Waals surface area contributed by atoms with E-state index in [-0.39, 0.29) is 12.0 Å². The van der Waals surface area contributed by atoms with Gasteiger partial charge in [0.1, 0.15) is 11.8 Å². The molecule has 2 fully saturated rings. The molecular formula is C21H28N6O3. The standard InChI is InChI=1S/C21H28N6O3/c1-26(2)19-17(14-23-21(25-19)27-9-11-29-12-10-27)24-20(28)15-7-8-18(22-13-15)30-16-5-3-4-6-16/h7-8,13-14,16H,3-6,9-12H2,1-2H3,(H,24,28). The third-order valence-electron chi connectivity index (χ3n) is 5.31. The highest BCUT2D eigenvalue weighted by Crippen LogP contribution is 2.25. The summed E-state index contributed by atoms with van der Waals surface area (Å²) in [6.45, 7) is 2.82. The molecule has 2 aliphatic rings. The molecule has 0 radical (unpaired) electrons. The second-order valence-corrected chi connectivity index (χ2v) is 7.76. The van der Waals surface area contributed by atoms with Crippen molar-refractivity contribution in [3.05, 3.63) is 30.1 Å². The Morgan fingerprint density at radius 2 is 1.93 bits per heavy atom. The second kappa shape index (κ2) is 9.25. The Morgan fingerprint density at radius 3 is 2.60 bits per heavy atom. The molecule has 3 heterocycles. The van der Waals surface area contributed by atoms with Crippen LogP contribution in [-0.2, 0) is 4.74 Å². The van der Waals surface area contributed by atoms with Crippen molar-refractivity contribution in [1.82, 2.24) is 15.0 Å². The zero-order valence-corrected chi connectivity index (χ0v) is 17.5. The molecule has 1 saturated heterocycles. The zero-order valence-electron chi connectivity index (χ0n) is 17.5. The van der Waals surface area contributed by atoms with Gasteiger partial charge in [-0.15, -0.1) is 0 Å². The summed E-state index contributed by atoms with van der Waals surface area (Å²) in [5, 5.41) is 2.90. The lowest BCUT2D eigenvalue weighted by Crippen LogP contribution is -2.37. The average Bonchev–Trinajstić information content (AvgIpc) is 3.28. The van der Waals surface area contributed by atoms with Crippen LogP contribution in [0.15, 0.2) is 24.5 Å². The molecule has 1 aliphatic carbocycles. The summed E-state index contributed by atoms with van der Waals surface area (Å²) >= 11 is 0. The molecule has 4 rings (SSSR count). The van der Waals surface area contributed by atoms with Crippen LogP contribution in [0.1, 0.15) is 36.0 Å². The molecule has 0 spiro atoms. The van der Waals surface area contributed by atoms with Gasteiger partial charge in [0.15, 0.2) is 5.82 Å². The molecule has 1 saturated carbocycles. The first-order chi connectivity index (χ1) is 14.6. The Bertz CT molecular complexity index is 862. The molecule has 9 heteroatoms. The first-order valence-electron chi connectivity index (χ1n) is 10.4. The minimum absolute atomic E-state index is 0.238. The predicted molar refractivity (Wildman–Crippen MR) is 114 cm³/mol. The van der Waals surface area contributed by atoms with Crippen LogP contribution in [0.5, 0.6) is 5.88 Å². The van der Waals surface area contributed by atoms with E-state index in [4.69, 9.17) is 9.47 Å². The second-order valence-electron chi connectivity index (χ2n) is 7.76. The number of ether oxygens (including phenoxy) is 2. The number of anilines is 3. The molecule has 0 aromatic carbocycles. The first-order valence-corrected chi connectivity index (χ1v) is 10.4. The van der Waals surface area contributed by atoms with Gasteiger partial charge in [-0.2, -0.15) is 4.98 Å². The minimum Gasteiger partial charge on any atom is -0.474 e. The van der Waals surface area contributed by atoms with Crippen LogP contribution in [0.2, 0.25) is 0 Å². The molecule has 30 heavy (non-hydrogen) atoms. The van der Waals surface area contributed by atoms with E-state index in [1.54, 1.807) is 18.3 Å². The first kappa shape index (κ1) is 20.3. The molecule has 160 valence electrons. The quantitative estimate of drug-likeness (QED) is 0.773. The van der Waals surface area contributed by atoms with E-state index in [0.717, 1.165) is 25.9 Å². The fraction of sp³-hybridized carbons (Fsp3) is 0.524. The molecule has 0 bridgehead atoms. The topological polar surface area (TPSA) is 92.7 Å². The van der Waals surface area contributed by atoms with Crippen molar-refractivity contribution in [3.8, 4) is 5.88 Å². The number of carbonyl (C=O) groups is 1. The monoisotopic (exact) mass is 412 g/mol. The largest absolute Gasteiger partial charge is 0.474 e. The van der Waals surface area contributed by atoms with Crippen LogP contribution in [0.25, 0.3) is 0 Å². The SMILES string of the molecule is CN(C)c1nc(N2CCOCC2)ncc1NC(=O)c1ccc(OC2CCCC2)nc1.